The summed E-state index contributed by atoms with van der Waals surface area (Å²) in [6, 6.07) is 18.5. The molecule has 0 aromatic heterocycles. The van der Waals surface area contributed by atoms with E-state index < -0.39 is 0 Å². The molecular weight excluding hydrogens is 414 g/mol. The SMILES string of the molecule is COc1cccc(CC(=O)N2CCC3(CC2)CCN(C(=O)NC2CC2c2ccccc2)C3)c1. The number of ether oxygens (including phenoxy) is 1. The molecule has 0 bridgehead atoms. The van der Waals surface area contributed by atoms with Gasteiger partial charge >= 0.3 is 6.03 Å². The minimum atomic E-state index is 0.0758. The van der Waals surface area contributed by atoms with Crippen LogP contribution in [-0.4, -0.2) is 61.1 Å². The van der Waals surface area contributed by atoms with E-state index in [1.807, 2.05) is 40.1 Å². The van der Waals surface area contributed by atoms with Gasteiger partial charge in [0.05, 0.1) is 13.5 Å². The Hall–Kier alpha value is -3.02. The number of likely N-dealkylation sites (tertiary alicyclic amines) is 2. The van der Waals surface area contributed by atoms with Crippen LogP contribution < -0.4 is 10.1 Å². The molecule has 2 aliphatic heterocycles. The lowest BCUT2D eigenvalue weighted by atomic mass is 9.77. The molecule has 3 fully saturated rings. The second-order valence-electron chi connectivity index (χ2n) is 9.89. The fourth-order valence-corrected chi connectivity index (χ4v) is 5.49. The van der Waals surface area contributed by atoms with Crippen molar-refractivity contribution < 1.29 is 14.3 Å². The van der Waals surface area contributed by atoms with Crippen LogP contribution in [0, 0.1) is 5.41 Å². The molecule has 0 radical (unpaired) electrons. The van der Waals surface area contributed by atoms with E-state index in [1.54, 1.807) is 7.11 Å². The molecule has 1 aliphatic carbocycles. The van der Waals surface area contributed by atoms with Crippen LogP contribution in [0.15, 0.2) is 54.6 Å². The lowest BCUT2D eigenvalue weighted by molar-refractivity contribution is -0.132. The maximum absolute atomic E-state index is 12.9. The molecule has 2 saturated heterocycles. The van der Waals surface area contributed by atoms with Gasteiger partial charge in [0.2, 0.25) is 5.91 Å². The molecular formula is C27H33N3O3. The summed E-state index contributed by atoms with van der Waals surface area (Å²) >= 11 is 0. The summed E-state index contributed by atoms with van der Waals surface area (Å²) in [5, 5.41) is 3.24. The van der Waals surface area contributed by atoms with E-state index in [-0.39, 0.29) is 23.4 Å². The largest absolute Gasteiger partial charge is 0.497 e. The molecule has 5 rings (SSSR count). The van der Waals surface area contributed by atoms with Crippen molar-refractivity contribution in [2.75, 3.05) is 33.3 Å². The van der Waals surface area contributed by atoms with Gasteiger partial charge in [0, 0.05) is 38.1 Å². The van der Waals surface area contributed by atoms with E-state index in [4.69, 9.17) is 4.74 Å². The zero-order chi connectivity index (χ0) is 22.8. The Kier molecular flexibility index (Phi) is 6.00. The number of rotatable bonds is 5. The van der Waals surface area contributed by atoms with E-state index in [0.29, 0.717) is 12.3 Å². The number of amides is 3. The van der Waals surface area contributed by atoms with Crippen molar-refractivity contribution in [1.82, 2.24) is 15.1 Å². The van der Waals surface area contributed by atoms with Crippen molar-refractivity contribution in [1.29, 1.82) is 0 Å². The number of methoxy groups -OCH3 is 1. The van der Waals surface area contributed by atoms with Gasteiger partial charge in [-0.05, 0) is 54.4 Å². The molecule has 2 atom stereocenters. The normalized spacial score (nSPS) is 23.4. The van der Waals surface area contributed by atoms with Gasteiger partial charge < -0.3 is 19.9 Å². The Balaban J connectivity index is 1.09. The number of carbonyl (C=O) groups excluding carboxylic acids is 2. The Morgan fingerprint density at radius 2 is 1.73 bits per heavy atom. The smallest absolute Gasteiger partial charge is 0.317 e. The first-order valence-electron chi connectivity index (χ1n) is 12.1. The van der Waals surface area contributed by atoms with Crippen molar-refractivity contribution in [3.63, 3.8) is 0 Å². The molecule has 6 heteroatoms. The molecule has 1 spiro atoms. The van der Waals surface area contributed by atoms with Crippen molar-refractivity contribution >= 4 is 11.9 Å². The third kappa shape index (κ3) is 4.85. The number of piperidine rings is 1. The van der Waals surface area contributed by atoms with Gasteiger partial charge in [-0.25, -0.2) is 4.79 Å². The predicted molar refractivity (Wildman–Crippen MR) is 127 cm³/mol. The van der Waals surface area contributed by atoms with E-state index in [1.165, 1.54) is 5.56 Å². The molecule has 174 valence electrons. The van der Waals surface area contributed by atoms with Crippen LogP contribution in [0.3, 0.4) is 0 Å². The molecule has 1 saturated carbocycles. The van der Waals surface area contributed by atoms with Crippen LogP contribution in [0.5, 0.6) is 5.75 Å². The third-order valence-corrected chi connectivity index (χ3v) is 7.72. The topological polar surface area (TPSA) is 61.9 Å². The summed E-state index contributed by atoms with van der Waals surface area (Å²) < 4.78 is 5.27. The van der Waals surface area contributed by atoms with Crippen molar-refractivity contribution in [3.8, 4) is 5.75 Å². The minimum absolute atomic E-state index is 0.0758. The molecule has 2 unspecified atom stereocenters. The van der Waals surface area contributed by atoms with E-state index in [2.05, 4.69) is 29.6 Å². The zero-order valence-corrected chi connectivity index (χ0v) is 19.3. The first kappa shape index (κ1) is 21.8. The van der Waals surface area contributed by atoms with Crippen LogP contribution in [0.25, 0.3) is 0 Å². The number of nitrogens with zero attached hydrogens (tertiary/aromatic N) is 2. The number of hydrogen-bond acceptors (Lipinski definition) is 3. The monoisotopic (exact) mass is 447 g/mol. The standard InChI is InChI=1S/C27H33N3O3/c1-33-22-9-5-6-20(16-22)17-25(31)29-13-10-27(11-14-29)12-15-30(19-27)26(32)28-24-18-23(24)21-7-3-2-4-8-21/h2-9,16,23-24H,10-15,17-19H2,1H3,(H,28,32). The van der Waals surface area contributed by atoms with E-state index in [0.717, 1.165) is 63.2 Å². The summed E-state index contributed by atoms with van der Waals surface area (Å²) in [4.78, 5) is 29.7. The number of urea groups is 1. The highest BCUT2D eigenvalue weighted by atomic mass is 16.5. The van der Waals surface area contributed by atoms with Crippen molar-refractivity contribution in [2.45, 2.75) is 44.1 Å². The van der Waals surface area contributed by atoms with E-state index in [9.17, 15) is 9.59 Å². The Bertz CT molecular complexity index is 1000. The third-order valence-electron chi connectivity index (χ3n) is 7.72. The number of hydrogen-bond donors (Lipinski definition) is 1. The van der Waals surface area contributed by atoms with Crippen LogP contribution in [0.1, 0.15) is 42.7 Å². The predicted octanol–water partition coefficient (Wildman–Crippen LogP) is 3.82. The second-order valence-corrected chi connectivity index (χ2v) is 9.89. The zero-order valence-electron chi connectivity index (χ0n) is 19.3. The van der Waals surface area contributed by atoms with Crippen molar-refractivity contribution in [2.24, 2.45) is 5.41 Å². The Labute approximate surface area is 195 Å². The molecule has 6 nitrogen and oxygen atoms in total. The molecule has 3 aliphatic rings. The van der Waals surface area contributed by atoms with Crippen LogP contribution in [0.2, 0.25) is 0 Å². The average Bonchev–Trinajstić information content (AvgIpc) is 3.50. The molecule has 33 heavy (non-hydrogen) atoms. The molecule has 2 aromatic rings. The average molecular weight is 448 g/mol. The highest BCUT2D eigenvalue weighted by molar-refractivity contribution is 5.79. The van der Waals surface area contributed by atoms with Gasteiger partial charge in [0.15, 0.2) is 0 Å². The Morgan fingerprint density at radius 1 is 1.00 bits per heavy atom. The second kappa shape index (κ2) is 9.08. The minimum Gasteiger partial charge on any atom is -0.497 e. The highest BCUT2D eigenvalue weighted by Gasteiger charge is 2.45. The summed E-state index contributed by atoms with van der Waals surface area (Å²) in [6.45, 7) is 3.17. The Morgan fingerprint density at radius 3 is 2.45 bits per heavy atom. The quantitative estimate of drug-likeness (QED) is 0.758. The van der Waals surface area contributed by atoms with Gasteiger partial charge in [0.1, 0.15) is 5.75 Å². The van der Waals surface area contributed by atoms with Crippen LogP contribution in [0.4, 0.5) is 4.79 Å². The molecule has 3 amide bonds. The summed E-state index contributed by atoms with van der Waals surface area (Å²) in [5.74, 6) is 1.40. The molecule has 2 aromatic carbocycles. The summed E-state index contributed by atoms with van der Waals surface area (Å²) in [5.41, 5.74) is 2.45. The maximum Gasteiger partial charge on any atom is 0.317 e. The van der Waals surface area contributed by atoms with Gasteiger partial charge in [-0.2, -0.15) is 0 Å². The summed E-state index contributed by atoms with van der Waals surface area (Å²) in [6.07, 6.45) is 4.40. The number of carbonyl (C=O) groups is 2. The van der Waals surface area contributed by atoms with Gasteiger partial charge in [-0.1, -0.05) is 42.5 Å². The molecule has 1 N–H and O–H groups in total. The number of nitrogens with one attached hydrogen (secondary N) is 1. The molecule has 2 heterocycles. The maximum atomic E-state index is 12.9. The number of benzene rings is 2. The van der Waals surface area contributed by atoms with Gasteiger partial charge in [0.25, 0.3) is 0 Å². The van der Waals surface area contributed by atoms with Gasteiger partial charge in [-0.15, -0.1) is 0 Å². The van der Waals surface area contributed by atoms with Crippen LogP contribution in [-0.2, 0) is 11.2 Å². The van der Waals surface area contributed by atoms with Gasteiger partial charge in [-0.3, -0.25) is 4.79 Å². The summed E-state index contributed by atoms with van der Waals surface area (Å²) in [7, 11) is 1.64. The lowest BCUT2D eigenvalue weighted by Gasteiger charge is -2.39. The van der Waals surface area contributed by atoms with Crippen LogP contribution >= 0.6 is 0 Å². The van der Waals surface area contributed by atoms with E-state index >= 15 is 0 Å². The first-order chi connectivity index (χ1) is 16.0. The van der Waals surface area contributed by atoms with Crippen molar-refractivity contribution in [3.05, 3.63) is 65.7 Å². The first-order valence-corrected chi connectivity index (χ1v) is 12.1. The lowest BCUT2D eigenvalue weighted by Crippen LogP contribution is -2.46. The fraction of sp³-hybridized carbons (Fsp3) is 0.481. The fourth-order valence-electron chi connectivity index (χ4n) is 5.49. The highest BCUT2D eigenvalue weighted by Crippen LogP contribution is 2.43.